The first-order chi connectivity index (χ1) is 9.70. The van der Waals surface area contributed by atoms with Crippen LogP contribution < -0.4 is 10.2 Å². The summed E-state index contributed by atoms with van der Waals surface area (Å²) in [6.45, 7) is 2.82. The molecule has 1 unspecified atom stereocenters. The Labute approximate surface area is 119 Å². The summed E-state index contributed by atoms with van der Waals surface area (Å²) in [6.07, 6.45) is 0.966. The maximum absolute atomic E-state index is 14.4. The van der Waals surface area contributed by atoms with E-state index < -0.39 is 0 Å². The minimum absolute atomic E-state index is 0.152. The summed E-state index contributed by atoms with van der Waals surface area (Å²) in [4.78, 5) is 2.10. The molecule has 0 radical (unpaired) electrons. The Morgan fingerprint density at radius 1 is 1.20 bits per heavy atom. The topological polar surface area (TPSA) is 15.3 Å². The van der Waals surface area contributed by atoms with Crippen LogP contribution in [0.3, 0.4) is 0 Å². The van der Waals surface area contributed by atoms with Gasteiger partial charge in [0.1, 0.15) is 5.82 Å². The van der Waals surface area contributed by atoms with Gasteiger partial charge >= 0.3 is 0 Å². The molecule has 0 amide bonds. The van der Waals surface area contributed by atoms with Gasteiger partial charge in [0, 0.05) is 18.3 Å². The maximum atomic E-state index is 14.4. The molecular formula is C17H19FN2. The second kappa shape index (κ2) is 5.25. The summed E-state index contributed by atoms with van der Waals surface area (Å²) in [5.74, 6) is -0.152. The summed E-state index contributed by atoms with van der Waals surface area (Å²) in [7, 11) is 1.87. The number of hydrogen-bond donors (Lipinski definition) is 1. The number of para-hydroxylation sites is 1. The molecule has 0 aliphatic carbocycles. The quantitative estimate of drug-likeness (QED) is 0.916. The van der Waals surface area contributed by atoms with E-state index in [-0.39, 0.29) is 11.9 Å². The summed E-state index contributed by atoms with van der Waals surface area (Å²) >= 11 is 0. The zero-order valence-electron chi connectivity index (χ0n) is 11.9. The molecule has 0 saturated carbocycles. The summed E-state index contributed by atoms with van der Waals surface area (Å²) in [5.41, 5.74) is 4.05. The summed E-state index contributed by atoms with van der Waals surface area (Å²) in [6, 6.07) is 14.0. The van der Waals surface area contributed by atoms with Crippen molar-refractivity contribution in [3.63, 3.8) is 0 Å². The van der Waals surface area contributed by atoms with Crippen LogP contribution >= 0.6 is 0 Å². The van der Waals surface area contributed by atoms with Gasteiger partial charge in [-0.3, -0.25) is 0 Å². The third-order valence-corrected chi connectivity index (χ3v) is 3.86. The van der Waals surface area contributed by atoms with Crippen LogP contribution in [0.5, 0.6) is 0 Å². The number of nitrogens with zero attached hydrogens (tertiary/aromatic N) is 1. The molecule has 20 heavy (non-hydrogen) atoms. The van der Waals surface area contributed by atoms with Crippen molar-refractivity contribution in [3.8, 4) is 0 Å². The fourth-order valence-corrected chi connectivity index (χ4v) is 2.99. The standard InChI is InChI=1S/C17H19FN2/c1-12-9-14-5-3-4-6-16(14)20(12)17-8-7-13(11-19-2)10-15(17)18/h3-8,10,12,19H,9,11H2,1-2H3. The molecule has 3 rings (SSSR count). The van der Waals surface area contributed by atoms with E-state index in [2.05, 4.69) is 29.3 Å². The molecule has 1 N–H and O–H groups in total. The lowest BCUT2D eigenvalue weighted by Crippen LogP contribution is -2.25. The van der Waals surface area contributed by atoms with Gasteiger partial charge in [0.05, 0.1) is 5.69 Å². The maximum Gasteiger partial charge on any atom is 0.147 e. The van der Waals surface area contributed by atoms with Crippen molar-refractivity contribution in [1.82, 2.24) is 5.32 Å². The van der Waals surface area contributed by atoms with E-state index in [4.69, 9.17) is 0 Å². The Bertz CT molecular complexity index is 624. The largest absolute Gasteiger partial charge is 0.336 e. The monoisotopic (exact) mass is 270 g/mol. The predicted molar refractivity (Wildman–Crippen MR) is 80.9 cm³/mol. The first-order valence-corrected chi connectivity index (χ1v) is 7.01. The molecule has 104 valence electrons. The van der Waals surface area contributed by atoms with Crippen LogP contribution in [-0.4, -0.2) is 13.1 Å². The summed E-state index contributed by atoms with van der Waals surface area (Å²) < 4.78 is 14.4. The number of benzene rings is 2. The fourth-order valence-electron chi connectivity index (χ4n) is 2.99. The highest BCUT2D eigenvalue weighted by atomic mass is 19.1. The van der Waals surface area contributed by atoms with E-state index in [0.717, 1.165) is 17.7 Å². The number of fused-ring (bicyclic) bond motifs is 1. The van der Waals surface area contributed by atoms with Crippen molar-refractivity contribution >= 4 is 11.4 Å². The average Bonchev–Trinajstić information content (AvgIpc) is 2.76. The van der Waals surface area contributed by atoms with Gasteiger partial charge in [-0.25, -0.2) is 4.39 Å². The van der Waals surface area contributed by atoms with Crippen molar-refractivity contribution in [3.05, 3.63) is 59.4 Å². The van der Waals surface area contributed by atoms with Crippen LogP contribution in [0, 0.1) is 5.82 Å². The van der Waals surface area contributed by atoms with Crippen LogP contribution in [-0.2, 0) is 13.0 Å². The Morgan fingerprint density at radius 2 is 2.00 bits per heavy atom. The Kier molecular flexibility index (Phi) is 3.45. The number of hydrogen-bond acceptors (Lipinski definition) is 2. The minimum Gasteiger partial charge on any atom is -0.336 e. The van der Waals surface area contributed by atoms with E-state index in [1.54, 1.807) is 6.07 Å². The van der Waals surface area contributed by atoms with Gasteiger partial charge < -0.3 is 10.2 Å². The van der Waals surface area contributed by atoms with Crippen LogP contribution in [0.25, 0.3) is 0 Å². The van der Waals surface area contributed by atoms with E-state index in [9.17, 15) is 4.39 Å². The molecule has 1 atom stereocenters. The molecule has 0 fully saturated rings. The Hall–Kier alpha value is -1.87. The second-order valence-electron chi connectivity index (χ2n) is 5.37. The highest BCUT2D eigenvalue weighted by Gasteiger charge is 2.28. The smallest absolute Gasteiger partial charge is 0.147 e. The molecule has 2 aromatic carbocycles. The van der Waals surface area contributed by atoms with Crippen molar-refractivity contribution in [2.75, 3.05) is 11.9 Å². The predicted octanol–water partition coefficient (Wildman–Crippen LogP) is 3.63. The van der Waals surface area contributed by atoms with E-state index in [1.807, 2.05) is 31.3 Å². The first-order valence-electron chi connectivity index (χ1n) is 7.01. The van der Waals surface area contributed by atoms with Crippen molar-refractivity contribution in [1.29, 1.82) is 0 Å². The van der Waals surface area contributed by atoms with Crippen LogP contribution in [0.15, 0.2) is 42.5 Å². The highest BCUT2D eigenvalue weighted by molar-refractivity contribution is 5.71. The minimum atomic E-state index is -0.152. The molecule has 0 aromatic heterocycles. The molecule has 1 aliphatic heterocycles. The fraction of sp³-hybridized carbons (Fsp3) is 0.294. The zero-order chi connectivity index (χ0) is 14.1. The molecule has 0 bridgehead atoms. The van der Waals surface area contributed by atoms with Gasteiger partial charge in [-0.1, -0.05) is 24.3 Å². The van der Waals surface area contributed by atoms with E-state index >= 15 is 0 Å². The molecular weight excluding hydrogens is 251 g/mol. The lowest BCUT2D eigenvalue weighted by molar-refractivity contribution is 0.614. The highest BCUT2D eigenvalue weighted by Crippen LogP contribution is 2.39. The Morgan fingerprint density at radius 3 is 2.75 bits per heavy atom. The number of anilines is 2. The van der Waals surface area contributed by atoms with Gasteiger partial charge in [-0.15, -0.1) is 0 Å². The molecule has 3 heteroatoms. The number of halogens is 1. The van der Waals surface area contributed by atoms with E-state index in [1.165, 1.54) is 5.56 Å². The summed E-state index contributed by atoms with van der Waals surface area (Å²) in [5, 5.41) is 3.04. The van der Waals surface area contributed by atoms with Gasteiger partial charge in [0.25, 0.3) is 0 Å². The Balaban J connectivity index is 2.01. The average molecular weight is 270 g/mol. The third kappa shape index (κ3) is 2.18. The molecule has 0 saturated heterocycles. The number of nitrogens with one attached hydrogen (secondary N) is 1. The molecule has 2 aromatic rings. The van der Waals surface area contributed by atoms with Gasteiger partial charge in [-0.05, 0) is 49.7 Å². The van der Waals surface area contributed by atoms with Gasteiger partial charge in [0.2, 0.25) is 0 Å². The van der Waals surface area contributed by atoms with Crippen molar-refractivity contribution in [2.45, 2.75) is 25.9 Å². The van der Waals surface area contributed by atoms with Crippen molar-refractivity contribution < 1.29 is 4.39 Å². The third-order valence-electron chi connectivity index (χ3n) is 3.86. The molecule has 1 aliphatic rings. The number of rotatable bonds is 3. The van der Waals surface area contributed by atoms with Crippen molar-refractivity contribution in [2.24, 2.45) is 0 Å². The van der Waals surface area contributed by atoms with Crippen LogP contribution in [0.2, 0.25) is 0 Å². The lowest BCUT2D eigenvalue weighted by Gasteiger charge is -2.25. The van der Waals surface area contributed by atoms with Gasteiger partial charge in [-0.2, -0.15) is 0 Å². The van der Waals surface area contributed by atoms with E-state index in [0.29, 0.717) is 12.2 Å². The van der Waals surface area contributed by atoms with Crippen LogP contribution in [0.1, 0.15) is 18.1 Å². The zero-order valence-corrected chi connectivity index (χ0v) is 11.9. The SMILES string of the molecule is CNCc1ccc(N2c3ccccc3CC2C)c(F)c1. The molecule has 0 spiro atoms. The normalized spacial score (nSPS) is 17.4. The molecule has 2 nitrogen and oxygen atoms in total. The van der Waals surface area contributed by atoms with Crippen LogP contribution in [0.4, 0.5) is 15.8 Å². The lowest BCUT2D eigenvalue weighted by atomic mass is 10.1. The first kappa shape index (κ1) is 13.1. The second-order valence-corrected chi connectivity index (χ2v) is 5.37. The van der Waals surface area contributed by atoms with Gasteiger partial charge in [0.15, 0.2) is 0 Å². The molecule has 1 heterocycles.